The maximum absolute atomic E-state index is 5.98. The lowest BCUT2D eigenvalue weighted by Gasteiger charge is -2.23. The van der Waals surface area contributed by atoms with E-state index in [4.69, 9.17) is 22.1 Å². The van der Waals surface area contributed by atoms with E-state index >= 15 is 0 Å². The van der Waals surface area contributed by atoms with Crippen molar-refractivity contribution in [2.45, 2.75) is 12.5 Å². The monoisotopic (exact) mass is 219 g/mol. The summed E-state index contributed by atoms with van der Waals surface area (Å²) < 4.78 is 5.41. The molecule has 0 aliphatic carbocycles. The van der Waals surface area contributed by atoms with Gasteiger partial charge in [0.1, 0.15) is 5.75 Å². The van der Waals surface area contributed by atoms with Crippen molar-refractivity contribution in [1.82, 2.24) is 0 Å². The maximum atomic E-state index is 5.98. The molecule has 1 aromatic rings. The second-order valence-electron chi connectivity index (χ2n) is 2.90. The Balaban J connectivity index is 0.000000845. The first kappa shape index (κ1) is 10.6. The zero-order valence-electron chi connectivity index (χ0n) is 7.00. The van der Waals surface area contributed by atoms with Crippen LogP contribution in [0.15, 0.2) is 18.2 Å². The minimum absolute atomic E-state index is 0. The highest BCUT2D eigenvalue weighted by molar-refractivity contribution is 6.31. The first-order valence-corrected chi connectivity index (χ1v) is 4.33. The van der Waals surface area contributed by atoms with Crippen molar-refractivity contribution in [3.8, 4) is 5.75 Å². The van der Waals surface area contributed by atoms with Gasteiger partial charge in [-0.3, -0.25) is 0 Å². The van der Waals surface area contributed by atoms with Crippen LogP contribution in [-0.4, -0.2) is 6.61 Å². The lowest BCUT2D eigenvalue weighted by atomic mass is 10.0. The largest absolute Gasteiger partial charge is 0.493 e. The molecular formula is C9H11Cl2NO. The molecule has 0 aromatic heterocycles. The van der Waals surface area contributed by atoms with Crippen molar-refractivity contribution in [2.24, 2.45) is 5.73 Å². The Kier molecular flexibility index (Phi) is 3.42. The highest BCUT2D eigenvalue weighted by atomic mass is 35.5. The number of hydrogen-bond acceptors (Lipinski definition) is 2. The summed E-state index contributed by atoms with van der Waals surface area (Å²) in [4.78, 5) is 0. The van der Waals surface area contributed by atoms with Crippen LogP contribution < -0.4 is 10.5 Å². The second kappa shape index (κ2) is 4.18. The van der Waals surface area contributed by atoms with E-state index in [1.165, 1.54) is 0 Å². The first-order valence-electron chi connectivity index (χ1n) is 3.96. The molecule has 72 valence electrons. The van der Waals surface area contributed by atoms with Gasteiger partial charge < -0.3 is 10.5 Å². The van der Waals surface area contributed by atoms with E-state index in [1.807, 2.05) is 18.2 Å². The van der Waals surface area contributed by atoms with Gasteiger partial charge >= 0.3 is 0 Å². The van der Waals surface area contributed by atoms with E-state index in [-0.39, 0.29) is 18.4 Å². The highest BCUT2D eigenvalue weighted by Crippen LogP contribution is 2.35. The number of benzene rings is 1. The summed E-state index contributed by atoms with van der Waals surface area (Å²) in [5, 5.41) is 0.708. The Labute approximate surface area is 88.4 Å². The minimum atomic E-state index is 0. The minimum Gasteiger partial charge on any atom is -0.493 e. The van der Waals surface area contributed by atoms with Gasteiger partial charge in [0.15, 0.2) is 0 Å². The molecule has 1 aromatic carbocycles. The Morgan fingerprint density at radius 3 is 2.92 bits per heavy atom. The molecule has 1 atom stereocenters. The first-order chi connectivity index (χ1) is 5.79. The van der Waals surface area contributed by atoms with Crippen LogP contribution in [0.5, 0.6) is 5.75 Å². The summed E-state index contributed by atoms with van der Waals surface area (Å²) in [6.07, 6.45) is 0.844. The molecule has 0 radical (unpaired) electrons. The van der Waals surface area contributed by atoms with Crippen LogP contribution in [0.2, 0.25) is 5.02 Å². The molecule has 0 bridgehead atoms. The summed E-state index contributed by atoms with van der Waals surface area (Å²) >= 11 is 5.98. The van der Waals surface area contributed by atoms with Gasteiger partial charge in [-0.25, -0.2) is 0 Å². The second-order valence-corrected chi connectivity index (χ2v) is 3.30. The Hall–Kier alpha value is -0.440. The normalized spacial score (nSPS) is 19.7. The topological polar surface area (TPSA) is 35.2 Å². The zero-order valence-corrected chi connectivity index (χ0v) is 8.57. The number of ether oxygens (including phenoxy) is 1. The summed E-state index contributed by atoms with van der Waals surface area (Å²) in [5.74, 6) is 0.834. The van der Waals surface area contributed by atoms with Gasteiger partial charge in [-0.2, -0.15) is 0 Å². The fourth-order valence-corrected chi connectivity index (χ4v) is 1.75. The van der Waals surface area contributed by atoms with E-state index in [0.717, 1.165) is 17.7 Å². The average molecular weight is 220 g/mol. The van der Waals surface area contributed by atoms with Crippen molar-refractivity contribution in [1.29, 1.82) is 0 Å². The molecule has 1 unspecified atom stereocenters. The van der Waals surface area contributed by atoms with Gasteiger partial charge in [0.25, 0.3) is 0 Å². The molecule has 0 fully saturated rings. The summed E-state index contributed by atoms with van der Waals surface area (Å²) in [6, 6.07) is 5.65. The average Bonchev–Trinajstić information content (AvgIpc) is 2.04. The van der Waals surface area contributed by atoms with Gasteiger partial charge in [-0.1, -0.05) is 17.7 Å². The smallest absolute Gasteiger partial charge is 0.125 e. The molecule has 2 rings (SSSR count). The molecule has 0 spiro atoms. The van der Waals surface area contributed by atoms with Crippen LogP contribution in [0.4, 0.5) is 0 Å². The quantitative estimate of drug-likeness (QED) is 0.729. The van der Waals surface area contributed by atoms with E-state index in [0.29, 0.717) is 11.6 Å². The predicted molar refractivity (Wildman–Crippen MR) is 55.7 cm³/mol. The fraction of sp³-hybridized carbons (Fsp3) is 0.333. The lowest BCUT2D eigenvalue weighted by molar-refractivity contribution is 0.269. The third-order valence-electron chi connectivity index (χ3n) is 2.07. The molecule has 2 nitrogen and oxygen atoms in total. The summed E-state index contributed by atoms with van der Waals surface area (Å²) in [7, 11) is 0. The van der Waals surface area contributed by atoms with Crippen molar-refractivity contribution < 1.29 is 4.74 Å². The number of halogens is 2. The Morgan fingerprint density at radius 1 is 1.46 bits per heavy atom. The van der Waals surface area contributed by atoms with E-state index in [2.05, 4.69) is 0 Å². The molecule has 13 heavy (non-hydrogen) atoms. The van der Waals surface area contributed by atoms with Crippen LogP contribution in [0, 0.1) is 0 Å². The SMILES string of the molecule is Cl.NC1CCOc2cccc(Cl)c21. The molecule has 2 N–H and O–H groups in total. The molecular weight excluding hydrogens is 209 g/mol. The molecule has 0 saturated heterocycles. The van der Waals surface area contributed by atoms with Crippen molar-refractivity contribution in [3.05, 3.63) is 28.8 Å². The summed E-state index contributed by atoms with van der Waals surface area (Å²) in [5.41, 5.74) is 6.83. The molecule has 1 aliphatic heterocycles. The zero-order chi connectivity index (χ0) is 8.55. The standard InChI is InChI=1S/C9H10ClNO.ClH/c10-6-2-1-3-8-9(6)7(11)4-5-12-8;/h1-3,7H,4-5,11H2;1H. The third kappa shape index (κ3) is 1.90. The van der Waals surface area contributed by atoms with Gasteiger partial charge in [0.05, 0.1) is 6.61 Å². The van der Waals surface area contributed by atoms with Crippen molar-refractivity contribution >= 4 is 24.0 Å². The Bertz CT molecular complexity index is 304. The number of nitrogens with two attached hydrogens (primary N) is 1. The van der Waals surface area contributed by atoms with Crippen LogP contribution in [0.3, 0.4) is 0 Å². The maximum Gasteiger partial charge on any atom is 0.125 e. The van der Waals surface area contributed by atoms with Crippen LogP contribution in [0.1, 0.15) is 18.0 Å². The van der Waals surface area contributed by atoms with Crippen molar-refractivity contribution in [3.63, 3.8) is 0 Å². The van der Waals surface area contributed by atoms with Gasteiger partial charge in [-0.15, -0.1) is 12.4 Å². The summed E-state index contributed by atoms with van der Waals surface area (Å²) in [6.45, 7) is 0.689. The van der Waals surface area contributed by atoms with Crippen molar-refractivity contribution in [2.75, 3.05) is 6.61 Å². The Morgan fingerprint density at radius 2 is 2.23 bits per heavy atom. The van der Waals surface area contributed by atoms with Gasteiger partial charge in [0, 0.05) is 23.0 Å². The van der Waals surface area contributed by atoms with E-state index in [9.17, 15) is 0 Å². The van der Waals surface area contributed by atoms with Crippen LogP contribution in [-0.2, 0) is 0 Å². The number of hydrogen-bond donors (Lipinski definition) is 1. The molecule has 4 heteroatoms. The fourth-order valence-electron chi connectivity index (χ4n) is 1.44. The van der Waals surface area contributed by atoms with E-state index < -0.39 is 0 Å². The molecule has 0 saturated carbocycles. The van der Waals surface area contributed by atoms with E-state index in [1.54, 1.807) is 0 Å². The van der Waals surface area contributed by atoms with Gasteiger partial charge in [-0.05, 0) is 12.1 Å². The number of rotatable bonds is 0. The van der Waals surface area contributed by atoms with Crippen LogP contribution >= 0.6 is 24.0 Å². The highest BCUT2D eigenvalue weighted by Gasteiger charge is 2.20. The predicted octanol–water partition coefficient (Wildman–Crippen LogP) is 2.54. The third-order valence-corrected chi connectivity index (χ3v) is 2.40. The molecule has 1 aliphatic rings. The molecule has 0 amide bonds. The molecule has 1 heterocycles. The van der Waals surface area contributed by atoms with Gasteiger partial charge in [0.2, 0.25) is 0 Å². The lowest BCUT2D eigenvalue weighted by Crippen LogP contribution is -2.20. The number of fused-ring (bicyclic) bond motifs is 1. The van der Waals surface area contributed by atoms with Crippen LogP contribution in [0.25, 0.3) is 0 Å².